The third kappa shape index (κ3) is 6.70. The molecule has 31 heavy (non-hydrogen) atoms. The maximum Gasteiger partial charge on any atom is 0.308 e. The highest BCUT2D eigenvalue weighted by molar-refractivity contribution is 7.16. The molecule has 0 saturated heterocycles. The van der Waals surface area contributed by atoms with Gasteiger partial charge in [0.1, 0.15) is 0 Å². The summed E-state index contributed by atoms with van der Waals surface area (Å²) in [5.41, 5.74) is 2.79. The molecule has 0 aliphatic carbocycles. The van der Waals surface area contributed by atoms with Gasteiger partial charge in [-0.2, -0.15) is 0 Å². The Balaban J connectivity index is 1.79. The van der Waals surface area contributed by atoms with Crippen LogP contribution in [0, 0.1) is 11.8 Å². The van der Waals surface area contributed by atoms with E-state index in [2.05, 4.69) is 19.2 Å². The van der Waals surface area contributed by atoms with Gasteiger partial charge in [0.2, 0.25) is 0 Å². The number of thiazole rings is 1. The summed E-state index contributed by atoms with van der Waals surface area (Å²) in [7, 11) is 0. The molecule has 0 bridgehead atoms. The molecule has 2 N–H and O–H groups in total. The number of aryl methyl sites for hydroxylation is 1. The lowest BCUT2D eigenvalue weighted by atomic mass is 9.99. The van der Waals surface area contributed by atoms with Crippen molar-refractivity contribution in [3.63, 3.8) is 0 Å². The van der Waals surface area contributed by atoms with Crippen molar-refractivity contribution in [2.24, 2.45) is 11.8 Å². The lowest BCUT2D eigenvalue weighted by Crippen LogP contribution is -2.25. The van der Waals surface area contributed by atoms with E-state index in [1.807, 2.05) is 42.5 Å². The minimum Gasteiger partial charge on any atom is -0.481 e. The minimum absolute atomic E-state index is 0.308. The average Bonchev–Trinajstić information content (AvgIpc) is 3.15. The van der Waals surface area contributed by atoms with Crippen LogP contribution >= 0.6 is 34.5 Å². The Morgan fingerprint density at radius 1 is 1.13 bits per heavy atom. The fourth-order valence-electron chi connectivity index (χ4n) is 3.24. The van der Waals surface area contributed by atoms with E-state index in [9.17, 15) is 9.90 Å². The molecule has 0 aliphatic rings. The predicted octanol–water partition coefficient (Wildman–Crippen LogP) is 7.06. The first-order valence-electron chi connectivity index (χ1n) is 10.3. The van der Waals surface area contributed by atoms with Gasteiger partial charge < -0.3 is 10.4 Å². The van der Waals surface area contributed by atoms with E-state index in [0.29, 0.717) is 28.9 Å². The van der Waals surface area contributed by atoms with Crippen LogP contribution in [0.5, 0.6) is 0 Å². The molecule has 164 valence electrons. The van der Waals surface area contributed by atoms with E-state index >= 15 is 0 Å². The SMILES string of the molecule is CC(C)CCc1sc(NCC(Cc2ccccc2)C(=O)O)nc1-c1ccc(Cl)c(Cl)c1. The van der Waals surface area contributed by atoms with Crippen LogP contribution in [-0.2, 0) is 17.6 Å². The number of nitrogens with one attached hydrogen (secondary N) is 1. The van der Waals surface area contributed by atoms with Gasteiger partial charge in [-0.1, -0.05) is 73.4 Å². The van der Waals surface area contributed by atoms with E-state index < -0.39 is 11.9 Å². The standard InChI is InChI=1S/C24H26Cl2N2O2S/c1-15(2)8-11-21-22(17-9-10-19(25)20(26)13-17)28-24(31-21)27-14-18(23(29)30)12-16-6-4-3-5-7-16/h3-7,9-10,13,15,18H,8,11-12,14H2,1-2H3,(H,27,28)(H,29,30). The Morgan fingerprint density at radius 3 is 2.52 bits per heavy atom. The number of hydrogen-bond donors (Lipinski definition) is 2. The quantitative estimate of drug-likeness (QED) is 0.328. The van der Waals surface area contributed by atoms with Crippen molar-refractivity contribution in [2.45, 2.75) is 33.1 Å². The number of halogens is 2. The summed E-state index contributed by atoms with van der Waals surface area (Å²) in [5.74, 6) is -0.793. The van der Waals surface area contributed by atoms with E-state index in [4.69, 9.17) is 28.2 Å². The summed E-state index contributed by atoms with van der Waals surface area (Å²) in [6.07, 6.45) is 2.41. The normalized spacial score (nSPS) is 12.2. The van der Waals surface area contributed by atoms with Crippen molar-refractivity contribution < 1.29 is 9.90 Å². The van der Waals surface area contributed by atoms with E-state index in [-0.39, 0.29) is 0 Å². The van der Waals surface area contributed by atoms with Crippen LogP contribution in [-0.4, -0.2) is 22.6 Å². The number of carboxylic acid groups (broad SMARTS) is 1. The molecule has 1 unspecified atom stereocenters. The zero-order valence-corrected chi connectivity index (χ0v) is 19.9. The van der Waals surface area contributed by atoms with Crippen molar-refractivity contribution >= 4 is 45.6 Å². The molecule has 0 aliphatic heterocycles. The number of aromatic nitrogens is 1. The highest BCUT2D eigenvalue weighted by Crippen LogP contribution is 2.35. The van der Waals surface area contributed by atoms with Gasteiger partial charge in [0.05, 0.1) is 21.7 Å². The Morgan fingerprint density at radius 2 is 1.87 bits per heavy atom. The average molecular weight is 477 g/mol. The molecule has 1 aromatic heterocycles. The van der Waals surface area contributed by atoms with Gasteiger partial charge in [0.15, 0.2) is 5.13 Å². The van der Waals surface area contributed by atoms with E-state index in [1.165, 1.54) is 0 Å². The second kappa shape index (κ2) is 11.0. The Bertz CT molecular complexity index is 1020. The first-order chi connectivity index (χ1) is 14.8. The van der Waals surface area contributed by atoms with E-state index in [1.54, 1.807) is 17.4 Å². The molecular weight excluding hydrogens is 451 g/mol. The molecule has 0 spiro atoms. The summed E-state index contributed by atoms with van der Waals surface area (Å²) in [5, 5.41) is 14.6. The smallest absolute Gasteiger partial charge is 0.308 e. The molecule has 0 amide bonds. The van der Waals surface area contributed by atoms with Crippen LogP contribution in [0.4, 0.5) is 5.13 Å². The second-order valence-electron chi connectivity index (χ2n) is 7.96. The molecule has 0 saturated carbocycles. The zero-order valence-electron chi connectivity index (χ0n) is 17.6. The molecule has 0 radical (unpaired) electrons. The molecule has 4 nitrogen and oxygen atoms in total. The molecule has 3 rings (SSSR count). The number of anilines is 1. The summed E-state index contributed by atoms with van der Waals surface area (Å²) in [6, 6.07) is 15.2. The third-order valence-electron chi connectivity index (χ3n) is 5.01. The van der Waals surface area contributed by atoms with Crippen LogP contribution in [0.1, 0.15) is 30.7 Å². The lowest BCUT2D eigenvalue weighted by molar-refractivity contribution is -0.141. The number of hydrogen-bond acceptors (Lipinski definition) is 4. The third-order valence-corrected chi connectivity index (χ3v) is 6.82. The Kier molecular flexibility index (Phi) is 8.35. The van der Waals surface area contributed by atoms with Crippen molar-refractivity contribution in [1.82, 2.24) is 4.98 Å². The highest BCUT2D eigenvalue weighted by Gasteiger charge is 2.20. The topological polar surface area (TPSA) is 62.2 Å². The number of aliphatic carboxylic acids is 1. The fourth-order valence-corrected chi connectivity index (χ4v) is 4.55. The van der Waals surface area contributed by atoms with Gasteiger partial charge in [0.25, 0.3) is 0 Å². The van der Waals surface area contributed by atoms with Gasteiger partial charge in [-0.25, -0.2) is 4.98 Å². The molecule has 1 atom stereocenters. The summed E-state index contributed by atoms with van der Waals surface area (Å²) < 4.78 is 0. The minimum atomic E-state index is -0.822. The number of carbonyl (C=O) groups is 1. The first kappa shape index (κ1) is 23.6. The van der Waals surface area contributed by atoms with Crippen molar-refractivity contribution in [1.29, 1.82) is 0 Å². The summed E-state index contributed by atoms with van der Waals surface area (Å²) >= 11 is 13.9. The predicted molar refractivity (Wildman–Crippen MR) is 130 cm³/mol. The van der Waals surface area contributed by atoms with Gasteiger partial charge in [0, 0.05) is 17.0 Å². The molecule has 7 heteroatoms. The van der Waals surface area contributed by atoms with Gasteiger partial charge in [-0.15, -0.1) is 11.3 Å². The van der Waals surface area contributed by atoms with Crippen LogP contribution in [0.2, 0.25) is 10.0 Å². The monoisotopic (exact) mass is 476 g/mol. The number of nitrogens with zero attached hydrogens (tertiary/aromatic N) is 1. The van der Waals surface area contributed by atoms with Gasteiger partial charge >= 0.3 is 5.97 Å². The van der Waals surface area contributed by atoms with Crippen LogP contribution in [0.3, 0.4) is 0 Å². The number of benzene rings is 2. The maximum atomic E-state index is 11.8. The Hall–Kier alpha value is -2.08. The zero-order chi connectivity index (χ0) is 22.4. The molecule has 3 aromatic rings. The molecule has 2 aromatic carbocycles. The van der Waals surface area contributed by atoms with Gasteiger partial charge in [-0.3, -0.25) is 4.79 Å². The number of carboxylic acids is 1. The second-order valence-corrected chi connectivity index (χ2v) is 9.86. The van der Waals surface area contributed by atoms with Crippen LogP contribution in [0.25, 0.3) is 11.3 Å². The lowest BCUT2D eigenvalue weighted by Gasteiger charge is -2.13. The maximum absolute atomic E-state index is 11.8. The molecule has 0 fully saturated rings. The molecule has 1 heterocycles. The summed E-state index contributed by atoms with van der Waals surface area (Å²) in [4.78, 5) is 17.7. The van der Waals surface area contributed by atoms with Crippen LogP contribution < -0.4 is 5.32 Å². The van der Waals surface area contributed by atoms with Crippen molar-refractivity contribution in [3.05, 3.63) is 69.0 Å². The van der Waals surface area contributed by atoms with Crippen molar-refractivity contribution in [2.75, 3.05) is 11.9 Å². The molecular formula is C24H26Cl2N2O2S. The first-order valence-corrected chi connectivity index (χ1v) is 11.9. The van der Waals surface area contributed by atoms with Crippen LogP contribution in [0.15, 0.2) is 48.5 Å². The van der Waals surface area contributed by atoms with Crippen molar-refractivity contribution in [3.8, 4) is 11.3 Å². The largest absolute Gasteiger partial charge is 0.481 e. The van der Waals surface area contributed by atoms with E-state index in [0.717, 1.165) is 39.7 Å². The fraction of sp³-hybridized carbons (Fsp3) is 0.333. The Labute approximate surface area is 197 Å². The number of rotatable bonds is 10. The summed E-state index contributed by atoms with van der Waals surface area (Å²) in [6.45, 7) is 4.70. The highest BCUT2D eigenvalue weighted by atomic mass is 35.5. The van der Waals surface area contributed by atoms with Gasteiger partial charge in [-0.05, 0) is 42.9 Å².